The van der Waals surface area contributed by atoms with Gasteiger partial charge in [0.25, 0.3) is 0 Å². The Morgan fingerprint density at radius 1 is 1.29 bits per heavy atom. The lowest BCUT2D eigenvalue weighted by atomic mass is 10.6. The van der Waals surface area contributed by atoms with Crippen molar-refractivity contribution in [3.05, 3.63) is 12.7 Å². The third-order valence-electron chi connectivity index (χ3n) is 0.896. The molecule has 0 saturated carbocycles. The van der Waals surface area contributed by atoms with E-state index >= 15 is 0 Å². The summed E-state index contributed by atoms with van der Waals surface area (Å²) >= 11 is 0. The van der Waals surface area contributed by atoms with Crippen molar-refractivity contribution in [1.82, 2.24) is 0 Å². The molecule has 0 rings (SSSR count). The second-order valence-electron chi connectivity index (χ2n) is 2.09. The molecule has 0 aromatic heterocycles. The Balaban J connectivity index is 3.67. The first-order chi connectivity index (χ1) is 6.35. The van der Waals surface area contributed by atoms with Gasteiger partial charge in [0.15, 0.2) is 13.2 Å². The molecule has 4 nitrogen and oxygen atoms in total. The lowest BCUT2D eigenvalue weighted by molar-refractivity contribution is -0.189. The van der Waals surface area contributed by atoms with Crippen LogP contribution in [0.4, 0.5) is 13.2 Å². The van der Waals surface area contributed by atoms with Crippen LogP contribution < -0.4 is 0 Å². The number of carbonyl (C=O) groups is 2. The number of rotatable bonds is 4. The van der Waals surface area contributed by atoms with Gasteiger partial charge in [-0.25, -0.2) is 9.59 Å². The summed E-state index contributed by atoms with van der Waals surface area (Å²) in [7, 11) is 0. The molecule has 0 saturated heterocycles. The van der Waals surface area contributed by atoms with Gasteiger partial charge in [-0.3, -0.25) is 0 Å². The summed E-state index contributed by atoms with van der Waals surface area (Å²) in [4.78, 5) is 20.8. The van der Waals surface area contributed by atoms with Crippen molar-refractivity contribution >= 4 is 11.9 Å². The standard InChI is InChI=1S/C7H7F3O4/c1-2-5(11)13-3-6(12)14-4-7(8,9)10/h2H,1,3-4H2. The topological polar surface area (TPSA) is 52.6 Å². The van der Waals surface area contributed by atoms with Gasteiger partial charge < -0.3 is 9.47 Å². The Hall–Kier alpha value is -1.53. The number of alkyl halides is 3. The molecule has 14 heavy (non-hydrogen) atoms. The molecule has 7 heteroatoms. The summed E-state index contributed by atoms with van der Waals surface area (Å²) in [5.41, 5.74) is 0. The first-order valence-electron chi connectivity index (χ1n) is 3.36. The van der Waals surface area contributed by atoms with Crippen molar-refractivity contribution in [2.45, 2.75) is 6.18 Å². The van der Waals surface area contributed by atoms with Gasteiger partial charge in [0.2, 0.25) is 0 Å². The minimum absolute atomic E-state index is 0.775. The number of hydrogen-bond donors (Lipinski definition) is 0. The van der Waals surface area contributed by atoms with Crippen LogP contribution in [-0.4, -0.2) is 31.3 Å². The molecule has 0 bridgehead atoms. The molecule has 0 aliphatic rings. The monoisotopic (exact) mass is 212 g/mol. The van der Waals surface area contributed by atoms with Crippen LogP contribution >= 0.6 is 0 Å². The SMILES string of the molecule is C=CC(=O)OCC(=O)OCC(F)(F)F. The Kier molecular flexibility index (Phi) is 4.68. The van der Waals surface area contributed by atoms with Crippen LogP contribution in [0, 0.1) is 0 Å². The zero-order valence-electron chi connectivity index (χ0n) is 6.97. The van der Waals surface area contributed by atoms with Crippen molar-refractivity contribution in [3.63, 3.8) is 0 Å². The maximum atomic E-state index is 11.5. The lowest BCUT2D eigenvalue weighted by Gasteiger charge is -2.07. The molecule has 0 fully saturated rings. The fraction of sp³-hybridized carbons (Fsp3) is 0.429. The summed E-state index contributed by atoms with van der Waals surface area (Å²) in [5, 5.41) is 0. The number of hydrogen-bond acceptors (Lipinski definition) is 4. The molecule has 0 aliphatic heterocycles. The van der Waals surface area contributed by atoms with E-state index in [0.29, 0.717) is 0 Å². The molecule has 0 aromatic rings. The van der Waals surface area contributed by atoms with E-state index in [4.69, 9.17) is 0 Å². The van der Waals surface area contributed by atoms with Gasteiger partial charge in [-0.1, -0.05) is 6.58 Å². The maximum Gasteiger partial charge on any atom is 0.422 e. The molecule has 0 unspecified atom stereocenters. The van der Waals surface area contributed by atoms with Crippen LogP contribution in [0.3, 0.4) is 0 Å². The van der Waals surface area contributed by atoms with Crippen LogP contribution in [0.1, 0.15) is 0 Å². The molecule has 0 atom stereocenters. The van der Waals surface area contributed by atoms with Gasteiger partial charge in [-0.15, -0.1) is 0 Å². The zero-order valence-corrected chi connectivity index (χ0v) is 6.97. The van der Waals surface area contributed by atoms with Gasteiger partial charge >= 0.3 is 18.1 Å². The van der Waals surface area contributed by atoms with Gasteiger partial charge in [-0.05, 0) is 0 Å². The van der Waals surface area contributed by atoms with Crippen LogP contribution in [0.25, 0.3) is 0 Å². The molecule has 0 aliphatic carbocycles. The normalized spacial score (nSPS) is 10.5. The van der Waals surface area contributed by atoms with E-state index in [1.54, 1.807) is 0 Å². The largest absolute Gasteiger partial charge is 0.454 e. The third kappa shape index (κ3) is 7.14. The average Bonchev–Trinajstić information content (AvgIpc) is 2.09. The first kappa shape index (κ1) is 12.5. The second-order valence-corrected chi connectivity index (χ2v) is 2.09. The summed E-state index contributed by atoms with van der Waals surface area (Å²) in [5.74, 6) is -2.17. The summed E-state index contributed by atoms with van der Waals surface area (Å²) in [6, 6.07) is 0. The minimum atomic E-state index is -4.59. The highest BCUT2D eigenvalue weighted by atomic mass is 19.4. The lowest BCUT2D eigenvalue weighted by Crippen LogP contribution is -2.23. The van der Waals surface area contributed by atoms with E-state index in [1.165, 1.54) is 0 Å². The Morgan fingerprint density at radius 3 is 2.29 bits per heavy atom. The van der Waals surface area contributed by atoms with E-state index < -0.39 is 31.3 Å². The molecule has 0 heterocycles. The van der Waals surface area contributed by atoms with Crippen LogP contribution in [0.2, 0.25) is 0 Å². The zero-order chi connectivity index (χ0) is 11.2. The van der Waals surface area contributed by atoms with Crippen molar-refractivity contribution in [2.24, 2.45) is 0 Å². The fourth-order valence-electron chi connectivity index (χ4n) is 0.393. The Morgan fingerprint density at radius 2 is 1.86 bits per heavy atom. The van der Waals surface area contributed by atoms with Crippen molar-refractivity contribution in [2.75, 3.05) is 13.2 Å². The predicted octanol–water partition coefficient (Wildman–Crippen LogP) is 0.821. The molecule has 0 N–H and O–H groups in total. The van der Waals surface area contributed by atoms with E-state index in [-0.39, 0.29) is 0 Å². The maximum absolute atomic E-state index is 11.5. The van der Waals surface area contributed by atoms with E-state index in [9.17, 15) is 22.8 Å². The Bertz CT molecular complexity index is 234. The van der Waals surface area contributed by atoms with E-state index in [0.717, 1.165) is 6.08 Å². The summed E-state index contributed by atoms with van der Waals surface area (Å²) < 4.78 is 42.3. The smallest absolute Gasteiger partial charge is 0.422 e. The molecule has 0 spiro atoms. The van der Waals surface area contributed by atoms with Crippen molar-refractivity contribution in [1.29, 1.82) is 0 Å². The van der Waals surface area contributed by atoms with Gasteiger partial charge in [0.05, 0.1) is 0 Å². The highest BCUT2D eigenvalue weighted by Gasteiger charge is 2.29. The van der Waals surface area contributed by atoms with Gasteiger partial charge in [-0.2, -0.15) is 13.2 Å². The van der Waals surface area contributed by atoms with E-state index in [2.05, 4.69) is 16.1 Å². The molecular formula is C7H7F3O4. The first-order valence-corrected chi connectivity index (χ1v) is 3.36. The van der Waals surface area contributed by atoms with Crippen molar-refractivity contribution in [3.8, 4) is 0 Å². The molecule has 0 amide bonds. The number of esters is 2. The van der Waals surface area contributed by atoms with Crippen molar-refractivity contribution < 1.29 is 32.2 Å². The summed E-state index contributed by atoms with van der Waals surface area (Å²) in [6.07, 6.45) is -3.81. The fourth-order valence-corrected chi connectivity index (χ4v) is 0.393. The highest BCUT2D eigenvalue weighted by molar-refractivity contribution is 5.83. The van der Waals surface area contributed by atoms with Gasteiger partial charge in [0.1, 0.15) is 0 Å². The van der Waals surface area contributed by atoms with E-state index in [1.807, 2.05) is 0 Å². The molecule has 80 valence electrons. The van der Waals surface area contributed by atoms with Crippen LogP contribution in [0.15, 0.2) is 12.7 Å². The average molecular weight is 212 g/mol. The Labute approximate surface area is 77.3 Å². The van der Waals surface area contributed by atoms with Crippen LogP contribution in [0.5, 0.6) is 0 Å². The number of halogens is 3. The summed E-state index contributed by atoms with van der Waals surface area (Å²) in [6.45, 7) is 0.460. The second kappa shape index (κ2) is 5.25. The third-order valence-corrected chi connectivity index (χ3v) is 0.896. The molecule has 0 aromatic carbocycles. The minimum Gasteiger partial charge on any atom is -0.454 e. The predicted molar refractivity (Wildman–Crippen MR) is 38.2 cm³/mol. The quantitative estimate of drug-likeness (QED) is 0.511. The number of ether oxygens (including phenoxy) is 2. The van der Waals surface area contributed by atoms with Gasteiger partial charge in [0, 0.05) is 6.08 Å². The number of carbonyl (C=O) groups excluding carboxylic acids is 2. The molecule has 0 radical (unpaired) electrons. The van der Waals surface area contributed by atoms with Crippen LogP contribution in [-0.2, 0) is 19.1 Å². The molecular weight excluding hydrogens is 205 g/mol. The highest BCUT2D eigenvalue weighted by Crippen LogP contribution is 2.14.